The van der Waals surface area contributed by atoms with Crippen LogP contribution in [-0.4, -0.2) is 17.5 Å². The number of amides is 1. The average Bonchev–Trinajstić information content (AvgIpc) is 3.06. The molecule has 1 amide bonds. The number of halogens is 1. The second kappa shape index (κ2) is 9.72. The van der Waals surface area contributed by atoms with E-state index >= 15 is 0 Å². The first-order valence-electron chi connectivity index (χ1n) is 9.26. The Bertz CT molecular complexity index is 893. The first-order valence-corrected chi connectivity index (χ1v) is 10.5. The molecule has 27 heavy (non-hydrogen) atoms. The zero-order chi connectivity index (χ0) is 19.1. The highest BCUT2D eigenvalue weighted by atomic mass is 35.5. The molecule has 142 valence electrons. The molecule has 0 radical (unpaired) electrons. The summed E-state index contributed by atoms with van der Waals surface area (Å²) in [5, 5.41) is 4.06. The van der Waals surface area contributed by atoms with E-state index in [2.05, 4.69) is 17.2 Å². The Balaban J connectivity index is 1.52. The number of aromatic nitrogens is 1. The first-order chi connectivity index (χ1) is 13.2. The number of hydrogen-bond acceptors (Lipinski definition) is 4. The van der Waals surface area contributed by atoms with Gasteiger partial charge in [0.2, 0.25) is 0 Å². The highest BCUT2D eigenvalue weighted by molar-refractivity contribution is 7.22. The molecule has 0 saturated carbocycles. The number of thiazole rings is 1. The molecular weight excluding hydrogens is 380 g/mol. The van der Waals surface area contributed by atoms with Crippen molar-refractivity contribution in [2.45, 2.75) is 39.0 Å². The average molecular weight is 403 g/mol. The number of carbonyl (C=O) groups excluding carboxylic acids is 1. The van der Waals surface area contributed by atoms with Crippen molar-refractivity contribution >= 4 is 44.2 Å². The van der Waals surface area contributed by atoms with Crippen LogP contribution in [0.4, 0.5) is 5.13 Å². The molecule has 0 bridgehead atoms. The number of unbranched alkanes of at least 4 members (excludes halogenated alkanes) is 4. The smallest absolute Gasteiger partial charge is 0.257 e. The van der Waals surface area contributed by atoms with Crippen molar-refractivity contribution in [1.82, 2.24) is 4.98 Å². The fourth-order valence-electron chi connectivity index (χ4n) is 2.72. The SMILES string of the molecule is CCCCCCCOc1ccc(C(=O)Nc2nc3ccc(Cl)cc3s2)cc1. The van der Waals surface area contributed by atoms with E-state index in [4.69, 9.17) is 16.3 Å². The Kier molecular flexibility index (Phi) is 7.07. The summed E-state index contributed by atoms with van der Waals surface area (Å²) in [5.74, 6) is 0.600. The zero-order valence-corrected chi connectivity index (χ0v) is 16.9. The third kappa shape index (κ3) is 5.68. The summed E-state index contributed by atoms with van der Waals surface area (Å²) >= 11 is 7.40. The molecule has 0 fully saturated rings. The van der Waals surface area contributed by atoms with Gasteiger partial charge in [0.05, 0.1) is 16.8 Å². The van der Waals surface area contributed by atoms with Crippen LogP contribution in [-0.2, 0) is 0 Å². The standard InChI is InChI=1S/C21H23ClN2O2S/c1-2-3-4-5-6-13-26-17-10-7-15(8-11-17)20(25)24-21-23-18-12-9-16(22)14-19(18)27-21/h7-12,14H,2-6,13H2,1H3,(H,23,24,25). The minimum atomic E-state index is -0.189. The second-order valence-corrected chi connectivity index (χ2v) is 7.84. The number of nitrogens with one attached hydrogen (secondary N) is 1. The molecule has 0 aliphatic carbocycles. The topological polar surface area (TPSA) is 51.2 Å². The highest BCUT2D eigenvalue weighted by Gasteiger charge is 2.10. The zero-order valence-electron chi connectivity index (χ0n) is 15.3. The highest BCUT2D eigenvalue weighted by Crippen LogP contribution is 2.28. The quantitative estimate of drug-likeness (QED) is 0.413. The van der Waals surface area contributed by atoms with Crippen molar-refractivity contribution < 1.29 is 9.53 Å². The van der Waals surface area contributed by atoms with Crippen LogP contribution in [0.15, 0.2) is 42.5 Å². The van der Waals surface area contributed by atoms with Gasteiger partial charge in [-0.25, -0.2) is 4.98 Å². The number of rotatable bonds is 9. The Morgan fingerprint density at radius 2 is 1.89 bits per heavy atom. The van der Waals surface area contributed by atoms with Gasteiger partial charge in [-0.05, 0) is 48.9 Å². The molecule has 0 saturated heterocycles. The van der Waals surface area contributed by atoms with Crippen LogP contribution in [0.1, 0.15) is 49.4 Å². The van der Waals surface area contributed by atoms with E-state index in [0.717, 1.165) is 22.4 Å². The van der Waals surface area contributed by atoms with Gasteiger partial charge >= 0.3 is 0 Å². The maximum absolute atomic E-state index is 12.4. The van der Waals surface area contributed by atoms with E-state index < -0.39 is 0 Å². The van der Waals surface area contributed by atoms with Crippen molar-refractivity contribution in [2.24, 2.45) is 0 Å². The Morgan fingerprint density at radius 3 is 2.67 bits per heavy atom. The summed E-state index contributed by atoms with van der Waals surface area (Å²) in [6.45, 7) is 2.92. The first kappa shape index (κ1) is 19.6. The van der Waals surface area contributed by atoms with Crippen LogP contribution in [0.3, 0.4) is 0 Å². The molecule has 0 unspecified atom stereocenters. The number of ether oxygens (including phenoxy) is 1. The fourth-order valence-corrected chi connectivity index (χ4v) is 3.86. The molecule has 2 aromatic carbocycles. The molecule has 3 aromatic rings. The Hall–Kier alpha value is -2.11. The van der Waals surface area contributed by atoms with Crippen molar-refractivity contribution in [3.05, 3.63) is 53.1 Å². The number of hydrogen-bond donors (Lipinski definition) is 1. The molecule has 0 aliphatic rings. The van der Waals surface area contributed by atoms with E-state index in [9.17, 15) is 4.79 Å². The van der Waals surface area contributed by atoms with Gasteiger partial charge in [-0.2, -0.15) is 0 Å². The van der Waals surface area contributed by atoms with E-state index in [1.54, 1.807) is 18.2 Å². The minimum Gasteiger partial charge on any atom is -0.494 e. The monoisotopic (exact) mass is 402 g/mol. The molecule has 1 aromatic heterocycles. The van der Waals surface area contributed by atoms with Gasteiger partial charge in [0.1, 0.15) is 5.75 Å². The number of nitrogens with zero attached hydrogens (tertiary/aromatic N) is 1. The van der Waals surface area contributed by atoms with Crippen LogP contribution in [0.5, 0.6) is 5.75 Å². The lowest BCUT2D eigenvalue weighted by Gasteiger charge is -2.07. The maximum Gasteiger partial charge on any atom is 0.257 e. The van der Waals surface area contributed by atoms with Crippen LogP contribution in [0, 0.1) is 0 Å². The van der Waals surface area contributed by atoms with E-state index in [1.165, 1.54) is 37.0 Å². The predicted octanol–water partition coefficient (Wildman–Crippen LogP) is 6.55. The van der Waals surface area contributed by atoms with Gasteiger partial charge in [0, 0.05) is 10.6 Å². The van der Waals surface area contributed by atoms with Crippen LogP contribution >= 0.6 is 22.9 Å². The van der Waals surface area contributed by atoms with Gasteiger partial charge in [0.15, 0.2) is 5.13 Å². The lowest BCUT2D eigenvalue weighted by atomic mass is 10.2. The molecule has 4 nitrogen and oxygen atoms in total. The van der Waals surface area contributed by atoms with Crippen molar-refractivity contribution in [3.8, 4) is 5.75 Å². The van der Waals surface area contributed by atoms with Crippen LogP contribution in [0.25, 0.3) is 10.2 Å². The maximum atomic E-state index is 12.4. The summed E-state index contributed by atoms with van der Waals surface area (Å²) in [7, 11) is 0. The second-order valence-electron chi connectivity index (χ2n) is 6.37. The van der Waals surface area contributed by atoms with Crippen LogP contribution < -0.4 is 10.1 Å². The molecule has 0 spiro atoms. The summed E-state index contributed by atoms with van der Waals surface area (Å²) < 4.78 is 6.68. The normalized spacial score (nSPS) is 10.9. The molecule has 1 heterocycles. The number of benzene rings is 2. The Labute approximate surface area is 168 Å². The van der Waals surface area contributed by atoms with E-state index in [1.807, 2.05) is 24.3 Å². The summed E-state index contributed by atoms with van der Waals surface area (Å²) in [6, 6.07) is 12.7. The largest absolute Gasteiger partial charge is 0.494 e. The third-order valence-electron chi connectivity index (χ3n) is 4.20. The molecule has 0 atom stereocenters. The predicted molar refractivity (Wildman–Crippen MR) is 113 cm³/mol. The molecule has 1 N–H and O–H groups in total. The summed E-state index contributed by atoms with van der Waals surface area (Å²) in [5.41, 5.74) is 1.39. The molecule has 3 rings (SSSR count). The van der Waals surface area contributed by atoms with Gasteiger partial charge in [-0.1, -0.05) is 55.5 Å². The van der Waals surface area contributed by atoms with Gasteiger partial charge in [-0.3, -0.25) is 10.1 Å². The van der Waals surface area contributed by atoms with Gasteiger partial charge < -0.3 is 4.74 Å². The summed E-state index contributed by atoms with van der Waals surface area (Å²) in [4.78, 5) is 16.8. The molecular formula is C21H23ClN2O2S. The van der Waals surface area contributed by atoms with Crippen molar-refractivity contribution in [3.63, 3.8) is 0 Å². The Morgan fingerprint density at radius 1 is 1.11 bits per heavy atom. The van der Waals surface area contributed by atoms with Crippen LogP contribution in [0.2, 0.25) is 5.02 Å². The lowest BCUT2D eigenvalue weighted by Crippen LogP contribution is -2.11. The molecule has 0 aliphatic heterocycles. The number of fused-ring (bicyclic) bond motifs is 1. The van der Waals surface area contributed by atoms with E-state index in [-0.39, 0.29) is 5.91 Å². The van der Waals surface area contributed by atoms with Crippen molar-refractivity contribution in [2.75, 3.05) is 11.9 Å². The number of anilines is 1. The molecule has 6 heteroatoms. The number of carbonyl (C=O) groups is 1. The van der Waals surface area contributed by atoms with E-state index in [0.29, 0.717) is 22.3 Å². The third-order valence-corrected chi connectivity index (χ3v) is 5.37. The summed E-state index contributed by atoms with van der Waals surface area (Å²) in [6.07, 6.45) is 6.04. The van der Waals surface area contributed by atoms with Gasteiger partial charge in [0.25, 0.3) is 5.91 Å². The van der Waals surface area contributed by atoms with Crippen molar-refractivity contribution in [1.29, 1.82) is 0 Å². The minimum absolute atomic E-state index is 0.189. The van der Waals surface area contributed by atoms with Gasteiger partial charge in [-0.15, -0.1) is 0 Å². The fraction of sp³-hybridized carbons (Fsp3) is 0.333. The lowest BCUT2D eigenvalue weighted by molar-refractivity contribution is 0.102.